The van der Waals surface area contributed by atoms with Gasteiger partial charge in [-0.05, 0) is 11.6 Å². The number of halogens is 2. The van der Waals surface area contributed by atoms with Gasteiger partial charge in [-0.15, -0.1) is 22.9 Å². The first-order valence-electron chi connectivity index (χ1n) is 7.37. The first kappa shape index (κ1) is 16.0. The smallest absolute Gasteiger partial charge is 0.269 e. The van der Waals surface area contributed by atoms with Crippen LogP contribution in [-0.4, -0.2) is 10.8 Å². The number of non-ortho nitro benzene ring substituents is 1. The lowest BCUT2D eigenvalue weighted by Gasteiger charge is -2.27. The van der Waals surface area contributed by atoms with Crippen LogP contribution in [0.1, 0.15) is 27.4 Å². The van der Waals surface area contributed by atoms with Gasteiger partial charge in [-0.3, -0.25) is 14.9 Å². The number of hydrogen-bond acceptors (Lipinski definition) is 4. The number of hydrogen-bond donors (Lipinski definition) is 1. The van der Waals surface area contributed by atoms with Gasteiger partial charge in [-0.1, -0.05) is 24.3 Å². The van der Waals surface area contributed by atoms with Crippen molar-refractivity contribution >= 4 is 44.6 Å². The van der Waals surface area contributed by atoms with E-state index in [1.54, 1.807) is 24.3 Å². The Labute approximate surface area is 150 Å². The lowest BCUT2D eigenvalue weighted by atomic mass is 9.94. The van der Waals surface area contributed by atoms with Gasteiger partial charge in [-0.2, -0.15) is 0 Å². The molecule has 1 amide bonds. The lowest BCUT2D eigenvalue weighted by Crippen LogP contribution is -2.36. The Kier molecular flexibility index (Phi) is 3.70. The third-order valence-electron chi connectivity index (χ3n) is 4.18. The molecule has 0 spiro atoms. The van der Waals surface area contributed by atoms with Crippen molar-refractivity contribution in [2.24, 2.45) is 0 Å². The lowest BCUT2D eigenvalue weighted by molar-refractivity contribution is -0.384. The number of benzene rings is 2. The highest BCUT2D eigenvalue weighted by atomic mass is 35.5. The topological polar surface area (TPSA) is 72.2 Å². The van der Waals surface area contributed by atoms with Crippen LogP contribution in [0.25, 0.3) is 10.1 Å². The average molecular weight is 377 g/mol. The summed E-state index contributed by atoms with van der Waals surface area (Å²) >= 11 is 7.47. The van der Waals surface area contributed by atoms with Crippen molar-refractivity contribution in [1.82, 2.24) is 5.32 Å². The predicted molar refractivity (Wildman–Crippen MR) is 93.5 cm³/mol. The maximum absolute atomic E-state index is 14.2. The zero-order valence-corrected chi connectivity index (χ0v) is 14.1. The first-order valence-corrected chi connectivity index (χ1v) is 8.62. The minimum atomic E-state index is -0.930. The number of nitrogens with one attached hydrogen (secondary N) is 1. The second-order valence-electron chi connectivity index (χ2n) is 5.65. The number of rotatable bonds is 2. The molecule has 8 heteroatoms. The number of alkyl halides is 1. The van der Waals surface area contributed by atoms with Crippen LogP contribution in [0.5, 0.6) is 0 Å². The highest BCUT2D eigenvalue weighted by Crippen LogP contribution is 2.46. The van der Waals surface area contributed by atoms with Crippen molar-refractivity contribution in [3.8, 4) is 0 Å². The molecule has 1 N–H and O–H groups in total. The van der Waals surface area contributed by atoms with Gasteiger partial charge in [0.1, 0.15) is 11.2 Å². The van der Waals surface area contributed by atoms with E-state index in [2.05, 4.69) is 5.32 Å². The third kappa shape index (κ3) is 2.47. The molecular weight excluding hydrogens is 367 g/mol. The van der Waals surface area contributed by atoms with Gasteiger partial charge in [0.2, 0.25) is 5.91 Å². The zero-order chi connectivity index (χ0) is 17.7. The third-order valence-corrected chi connectivity index (χ3v) is 5.89. The molecule has 0 radical (unpaired) electrons. The van der Waals surface area contributed by atoms with Crippen molar-refractivity contribution in [3.63, 3.8) is 0 Å². The normalized spacial score (nSPS) is 19.5. The van der Waals surface area contributed by atoms with Gasteiger partial charge in [-0.25, -0.2) is 4.39 Å². The standard InChI is InChI=1S/C17H10ClFN2O3S/c18-13-12-10-5-2-6-11(19)15(10)25-16(12)14(20-17(13)22)8-3-1-4-9(7-8)21(23)24/h1-7,13-14H,(H,20,22). The molecular formula is C17H10ClFN2O3S. The molecule has 2 heterocycles. The van der Waals surface area contributed by atoms with Gasteiger partial charge in [0.05, 0.1) is 15.7 Å². The summed E-state index contributed by atoms with van der Waals surface area (Å²) in [7, 11) is 0. The van der Waals surface area contributed by atoms with Crippen LogP contribution >= 0.6 is 22.9 Å². The van der Waals surface area contributed by atoms with Crippen LogP contribution in [0.15, 0.2) is 42.5 Å². The Morgan fingerprint density at radius 2 is 2.00 bits per heavy atom. The minimum Gasteiger partial charge on any atom is -0.343 e. The quantitative estimate of drug-likeness (QED) is 0.408. The van der Waals surface area contributed by atoms with Crippen molar-refractivity contribution < 1.29 is 14.1 Å². The Bertz CT molecular complexity index is 1040. The zero-order valence-electron chi connectivity index (χ0n) is 12.5. The Morgan fingerprint density at radius 1 is 1.24 bits per heavy atom. The molecule has 1 aliphatic heterocycles. The fraction of sp³-hybridized carbons (Fsp3) is 0.118. The van der Waals surface area contributed by atoms with Crippen molar-refractivity contribution in [2.45, 2.75) is 11.4 Å². The largest absolute Gasteiger partial charge is 0.343 e. The molecule has 4 rings (SSSR count). The second kappa shape index (κ2) is 5.79. The summed E-state index contributed by atoms with van der Waals surface area (Å²) in [4.78, 5) is 23.6. The van der Waals surface area contributed by atoms with E-state index in [1.807, 2.05) is 0 Å². The van der Waals surface area contributed by atoms with Crippen LogP contribution < -0.4 is 5.32 Å². The fourth-order valence-corrected chi connectivity index (χ4v) is 4.75. The number of carbonyl (C=O) groups excluding carboxylic acids is 1. The minimum absolute atomic E-state index is 0.0754. The van der Waals surface area contributed by atoms with E-state index >= 15 is 0 Å². The molecule has 1 aliphatic rings. The summed E-state index contributed by atoms with van der Waals surface area (Å²) in [5, 5.41) is 13.5. The predicted octanol–water partition coefficient (Wildman–Crippen LogP) is 4.45. The Balaban J connectivity index is 1.95. The Hall–Kier alpha value is -2.51. The van der Waals surface area contributed by atoms with E-state index in [9.17, 15) is 19.3 Å². The average Bonchev–Trinajstić information content (AvgIpc) is 2.99. The summed E-state index contributed by atoms with van der Waals surface area (Å²) in [6, 6.07) is 10.1. The van der Waals surface area contributed by atoms with Crippen LogP contribution in [0.2, 0.25) is 0 Å². The second-order valence-corrected chi connectivity index (χ2v) is 7.14. The van der Waals surface area contributed by atoms with E-state index in [0.717, 1.165) is 0 Å². The number of nitrogens with zero attached hydrogens (tertiary/aromatic N) is 1. The molecule has 2 aromatic carbocycles. The maximum Gasteiger partial charge on any atom is 0.269 e. The van der Waals surface area contributed by atoms with Gasteiger partial charge >= 0.3 is 0 Å². The number of carbonyl (C=O) groups is 1. The van der Waals surface area contributed by atoms with Crippen molar-refractivity contribution in [3.05, 3.63) is 74.4 Å². The molecule has 0 aliphatic carbocycles. The summed E-state index contributed by atoms with van der Waals surface area (Å²) in [6.07, 6.45) is 0. The molecule has 0 saturated carbocycles. The maximum atomic E-state index is 14.2. The summed E-state index contributed by atoms with van der Waals surface area (Å²) < 4.78 is 14.6. The van der Waals surface area contributed by atoms with Crippen LogP contribution in [0.4, 0.5) is 10.1 Å². The van der Waals surface area contributed by atoms with Crippen LogP contribution in [-0.2, 0) is 4.79 Å². The molecule has 2 atom stereocenters. The molecule has 5 nitrogen and oxygen atoms in total. The molecule has 0 saturated heterocycles. The molecule has 126 valence electrons. The van der Waals surface area contributed by atoms with Crippen LogP contribution in [0, 0.1) is 15.9 Å². The summed E-state index contributed by atoms with van der Waals surface area (Å²) in [5.74, 6) is -0.791. The first-order chi connectivity index (χ1) is 12.0. The number of nitro groups is 1. The molecule has 2 unspecified atom stereocenters. The number of thiophene rings is 1. The molecule has 3 aromatic rings. The van der Waals surface area contributed by atoms with E-state index < -0.39 is 22.2 Å². The van der Waals surface area contributed by atoms with E-state index in [1.165, 1.54) is 29.5 Å². The number of amides is 1. The summed E-state index contributed by atoms with van der Waals surface area (Å²) in [5.41, 5.74) is 1.05. The highest BCUT2D eigenvalue weighted by molar-refractivity contribution is 7.19. The van der Waals surface area contributed by atoms with Crippen molar-refractivity contribution in [2.75, 3.05) is 0 Å². The van der Waals surface area contributed by atoms with Gasteiger partial charge < -0.3 is 5.32 Å². The van der Waals surface area contributed by atoms with Crippen molar-refractivity contribution in [1.29, 1.82) is 0 Å². The molecule has 1 aromatic heterocycles. The Morgan fingerprint density at radius 3 is 2.76 bits per heavy atom. The van der Waals surface area contributed by atoms with Gasteiger partial charge in [0.25, 0.3) is 5.69 Å². The highest BCUT2D eigenvalue weighted by Gasteiger charge is 2.36. The van der Waals surface area contributed by atoms with E-state index in [0.29, 0.717) is 26.1 Å². The monoisotopic (exact) mass is 376 g/mol. The molecule has 0 fully saturated rings. The fourth-order valence-electron chi connectivity index (χ4n) is 3.06. The molecule has 0 bridgehead atoms. The van der Waals surface area contributed by atoms with Gasteiger partial charge in [0.15, 0.2) is 0 Å². The SMILES string of the molecule is O=C1NC(c2cccc([N+](=O)[O-])c2)c2sc3c(F)cccc3c2C1Cl. The van der Waals surface area contributed by atoms with Crippen LogP contribution in [0.3, 0.4) is 0 Å². The summed E-state index contributed by atoms with van der Waals surface area (Å²) in [6.45, 7) is 0. The van der Waals surface area contributed by atoms with Gasteiger partial charge in [0, 0.05) is 28.0 Å². The number of fused-ring (bicyclic) bond motifs is 3. The molecule has 25 heavy (non-hydrogen) atoms. The van der Waals surface area contributed by atoms with E-state index in [4.69, 9.17) is 11.6 Å². The number of nitro benzene ring substituents is 1. The van der Waals surface area contributed by atoms with E-state index in [-0.39, 0.29) is 11.5 Å².